The van der Waals surface area contributed by atoms with Crippen LogP contribution in [0, 0.1) is 0 Å². The highest BCUT2D eigenvalue weighted by Crippen LogP contribution is 2.08. The van der Waals surface area contributed by atoms with Gasteiger partial charge in [0.15, 0.2) is 5.11 Å². The van der Waals surface area contributed by atoms with E-state index in [2.05, 4.69) is 17.6 Å². The Bertz CT molecular complexity index is 424. The smallest absolute Gasteiger partial charge is 0.226 e. The lowest BCUT2D eigenvalue weighted by Crippen LogP contribution is -2.39. The maximum atomic E-state index is 11.7. The van der Waals surface area contributed by atoms with Gasteiger partial charge in [0.2, 0.25) is 5.91 Å². The zero-order valence-corrected chi connectivity index (χ0v) is 13.4. The maximum Gasteiger partial charge on any atom is 0.226 e. The van der Waals surface area contributed by atoms with Gasteiger partial charge in [0.1, 0.15) is 5.75 Å². The molecular weight excluding hydrogens is 284 g/mol. The summed E-state index contributed by atoms with van der Waals surface area (Å²) in [7, 11) is 0. The van der Waals surface area contributed by atoms with Gasteiger partial charge in [-0.25, -0.2) is 0 Å². The van der Waals surface area contributed by atoms with Gasteiger partial charge in [-0.1, -0.05) is 38.0 Å². The van der Waals surface area contributed by atoms with E-state index in [9.17, 15) is 4.79 Å². The van der Waals surface area contributed by atoms with Crippen molar-refractivity contribution in [1.82, 2.24) is 10.6 Å². The fourth-order valence-electron chi connectivity index (χ4n) is 1.75. The number of hydrogen-bond acceptors (Lipinski definition) is 3. The Morgan fingerprint density at radius 1 is 1.19 bits per heavy atom. The molecule has 5 heteroatoms. The third-order valence-corrected chi connectivity index (χ3v) is 3.13. The standard InChI is InChI=1S/C16H24N2O2S/c1-2-3-7-12-17-16(21)18-15(19)11-8-13-20-14-9-5-4-6-10-14/h4-6,9-10H,2-3,7-8,11-13H2,1H3,(H2,17,18,19,21). The molecule has 0 saturated heterocycles. The minimum Gasteiger partial charge on any atom is -0.494 e. The summed E-state index contributed by atoms with van der Waals surface area (Å²) in [6, 6.07) is 9.58. The topological polar surface area (TPSA) is 50.4 Å². The summed E-state index contributed by atoms with van der Waals surface area (Å²) in [5, 5.41) is 6.13. The monoisotopic (exact) mass is 308 g/mol. The SMILES string of the molecule is CCCCCNC(=S)NC(=O)CCCOc1ccccc1. The molecule has 0 atom stereocenters. The molecule has 0 aliphatic carbocycles. The number of amides is 1. The number of carbonyl (C=O) groups excluding carboxylic acids is 1. The number of thiocarbonyl (C=S) groups is 1. The van der Waals surface area contributed by atoms with E-state index >= 15 is 0 Å². The second kappa shape index (κ2) is 11.1. The van der Waals surface area contributed by atoms with E-state index in [4.69, 9.17) is 17.0 Å². The minimum absolute atomic E-state index is 0.0698. The first kappa shape index (κ1) is 17.4. The molecular formula is C16H24N2O2S. The van der Waals surface area contributed by atoms with Crippen LogP contribution in [0.1, 0.15) is 39.0 Å². The summed E-state index contributed by atoms with van der Waals surface area (Å²) in [6.07, 6.45) is 4.48. The normalized spacial score (nSPS) is 9.95. The van der Waals surface area contributed by atoms with Crippen LogP contribution in [0.2, 0.25) is 0 Å². The summed E-state index contributed by atoms with van der Waals surface area (Å²) < 4.78 is 5.52. The van der Waals surface area contributed by atoms with Crippen LogP contribution in [0.15, 0.2) is 30.3 Å². The van der Waals surface area contributed by atoms with Crippen LogP contribution in [-0.4, -0.2) is 24.2 Å². The summed E-state index contributed by atoms with van der Waals surface area (Å²) in [4.78, 5) is 11.7. The van der Waals surface area contributed by atoms with Crippen LogP contribution in [0.3, 0.4) is 0 Å². The van der Waals surface area contributed by atoms with Crippen LogP contribution in [-0.2, 0) is 4.79 Å². The second-order valence-electron chi connectivity index (χ2n) is 4.78. The molecule has 21 heavy (non-hydrogen) atoms. The number of unbranched alkanes of at least 4 members (excludes halogenated alkanes) is 2. The van der Waals surface area contributed by atoms with Gasteiger partial charge in [0, 0.05) is 13.0 Å². The highest BCUT2D eigenvalue weighted by molar-refractivity contribution is 7.80. The highest BCUT2D eigenvalue weighted by Gasteiger charge is 2.04. The molecule has 116 valence electrons. The van der Waals surface area contributed by atoms with Crippen molar-refractivity contribution in [1.29, 1.82) is 0 Å². The van der Waals surface area contributed by atoms with Gasteiger partial charge in [-0.3, -0.25) is 4.79 Å². The van der Waals surface area contributed by atoms with Gasteiger partial charge in [-0.05, 0) is 37.2 Å². The predicted molar refractivity (Wildman–Crippen MR) is 89.4 cm³/mol. The van der Waals surface area contributed by atoms with Gasteiger partial charge in [0.25, 0.3) is 0 Å². The lowest BCUT2D eigenvalue weighted by Gasteiger charge is -2.09. The highest BCUT2D eigenvalue weighted by atomic mass is 32.1. The average Bonchev–Trinajstić information content (AvgIpc) is 2.49. The fraction of sp³-hybridized carbons (Fsp3) is 0.500. The van der Waals surface area contributed by atoms with Crippen molar-refractivity contribution in [3.8, 4) is 5.75 Å². The quantitative estimate of drug-likeness (QED) is 0.544. The molecule has 0 unspecified atom stereocenters. The van der Waals surface area contributed by atoms with Crippen LogP contribution >= 0.6 is 12.2 Å². The van der Waals surface area contributed by atoms with E-state index < -0.39 is 0 Å². The molecule has 0 saturated carbocycles. The predicted octanol–water partition coefficient (Wildman–Crippen LogP) is 3.03. The number of ether oxygens (including phenoxy) is 1. The molecule has 0 aliphatic rings. The molecule has 1 amide bonds. The van der Waals surface area contributed by atoms with E-state index in [-0.39, 0.29) is 5.91 Å². The van der Waals surface area contributed by atoms with Gasteiger partial charge in [-0.2, -0.15) is 0 Å². The summed E-state index contributed by atoms with van der Waals surface area (Å²) in [5.41, 5.74) is 0. The Labute approximate surface area is 132 Å². The maximum absolute atomic E-state index is 11.7. The number of carbonyl (C=O) groups is 1. The second-order valence-corrected chi connectivity index (χ2v) is 5.18. The van der Waals surface area contributed by atoms with Gasteiger partial charge in [0.05, 0.1) is 6.61 Å². The number of para-hydroxylation sites is 1. The van der Waals surface area contributed by atoms with Crippen molar-refractivity contribution in [3.63, 3.8) is 0 Å². The number of hydrogen-bond donors (Lipinski definition) is 2. The van der Waals surface area contributed by atoms with Crippen molar-refractivity contribution in [2.24, 2.45) is 0 Å². The summed E-state index contributed by atoms with van der Waals surface area (Å²) >= 11 is 5.06. The van der Waals surface area contributed by atoms with Gasteiger partial charge >= 0.3 is 0 Å². The Balaban J connectivity index is 2.04. The molecule has 0 aromatic heterocycles. The van der Waals surface area contributed by atoms with Gasteiger partial charge in [-0.15, -0.1) is 0 Å². The molecule has 4 nitrogen and oxygen atoms in total. The fourth-order valence-corrected chi connectivity index (χ4v) is 1.97. The van der Waals surface area contributed by atoms with E-state index in [1.165, 1.54) is 12.8 Å². The van der Waals surface area contributed by atoms with Crippen molar-refractivity contribution in [2.75, 3.05) is 13.2 Å². The Morgan fingerprint density at radius 3 is 2.67 bits per heavy atom. The first-order chi connectivity index (χ1) is 10.2. The summed E-state index contributed by atoms with van der Waals surface area (Å²) in [6.45, 7) is 3.48. The molecule has 0 spiro atoms. The molecule has 2 N–H and O–H groups in total. The third kappa shape index (κ3) is 9.02. The molecule has 0 heterocycles. The van der Waals surface area contributed by atoms with Crippen LogP contribution in [0.5, 0.6) is 5.75 Å². The van der Waals surface area contributed by atoms with E-state index in [0.29, 0.717) is 24.6 Å². The Hall–Kier alpha value is -1.62. The first-order valence-corrected chi connectivity index (χ1v) is 7.88. The van der Waals surface area contributed by atoms with Crippen molar-refractivity contribution < 1.29 is 9.53 Å². The van der Waals surface area contributed by atoms with E-state index in [1.54, 1.807) is 0 Å². The molecule has 0 aliphatic heterocycles. The molecule has 1 aromatic rings. The van der Waals surface area contributed by atoms with Crippen LogP contribution in [0.25, 0.3) is 0 Å². The molecule has 0 bridgehead atoms. The van der Waals surface area contributed by atoms with E-state index in [1.807, 2.05) is 30.3 Å². The zero-order valence-electron chi connectivity index (χ0n) is 12.6. The number of nitrogens with one attached hydrogen (secondary N) is 2. The molecule has 1 rings (SSSR count). The zero-order chi connectivity index (χ0) is 15.3. The van der Waals surface area contributed by atoms with Gasteiger partial charge < -0.3 is 15.4 Å². The summed E-state index contributed by atoms with van der Waals surface area (Å²) in [5.74, 6) is 0.755. The van der Waals surface area contributed by atoms with Crippen molar-refractivity contribution in [3.05, 3.63) is 30.3 Å². The Kier molecular flexibility index (Phi) is 9.20. The largest absolute Gasteiger partial charge is 0.494 e. The first-order valence-electron chi connectivity index (χ1n) is 7.48. The number of rotatable bonds is 9. The Morgan fingerprint density at radius 2 is 1.95 bits per heavy atom. The lowest BCUT2D eigenvalue weighted by molar-refractivity contribution is -0.119. The van der Waals surface area contributed by atoms with Crippen LogP contribution in [0.4, 0.5) is 0 Å². The molecule has 0 fully saturated rings. The molecule has 0 radical (unpaired) electrons. The van der Waals surface area contributed by atoms with E-state index in [0.717, 1.165) is 18.7 Å². The van der Waals surface area contributed by atoms with Crippen molar-refractivity contribution >= 4 is 23.2 Å². The minimum atomic E-state index is -0.0698. The average molecular weight is 308 g/mol. The number of benzene rings is 1. The third-order valence-electron chi connectivity index (χ3n) is 2.88. The van der Waals surface area contributed by atoms with Crippen LogP contribution < -0.4 is 15.4 Å². The lowest BCUT2D eigenvalue weighted by atomic mass is 10.2. The molecule has 1 aromatic carbocycles. The van der Waals surface area contributed by atoms with Crippen molar-refractivity contribution in [2.45, 2.75) is 39.0 Å².